The summed E-state index contributed by atoms with van der Waals surface area (Å²) in [6.07, 6.45) is 0.527. The normalized spacial score (nSPS) is 17.8. The summed E-state index contributed by atoms with van der Waals surface area (Å²) in [5, 5.41) is 2.77. The van der Waals surface area contributed by atoms with Gasteiger partial charge in [0, 0.05) is 27.1 Å². The summed E-state index contributed by atoms with van der Waals surface area (Å²) in [5.74, 6) is 0.176. The van der Waals surface area contributed by atoms with Gasteiger partial charge in [0.1, 0.15) is 11.9 Å². The van der Waals surface area contributed by atoms with Crippen molar-refractivity contribution < 1.29 is 14.4 Å². The molecular formula is C16H19N5O3. The number of nitrogens with one attached hydrogen (secondary N) is 2. The van der Waals surface area contributed by atoms with E-state index in [1.54, 1.807) is 0 Å². The van der Waals surface area contributed by atoms with Gasteiger partial charge < -0.3 is 15.2 Å². The van der Waals surface area contributed by atoms with Crippen molar-refractivity contribution in [1.29, 1.82) is 0 Å². The van der Waals surface area contributed by atoms with Crippen molar-refractivity contribution in [2.45, 2.75) is 18.9 Å². The second-order valence-corrected chi connectivity index (χ2v) is 5.81. The van der Waals surface area contributed by atoms with Gasteiger partial charge in [-0.05, 0) is 12.1 Å². The number of amides is 4. The number of imidazole rings is 1. The van der Waals surface area contributed by atoms with Crippen molar-refractivity contribution in [3.8, 4) is 0 Å². The van der Waals surface area contributed by atoms with Crippen LogP contribution in [-0.2, 0) is 16.0 Å². The predicted octanol–water partition coefficient (Wildman–Crippen LogP) is 0.504. The molecule has 126 valence electrons. The fraction of sp³-hybridized carbons (Fsp3) is 0.375. The largest absolute Gasteiger partial charge is 0.356 e. The van der Waals surface area contributed by atoms with Crippen molar-refractivity contribution in [3.05, 3.63) is 30.1 Å². The lowest BCUT2D eigenvalue weighted by Crippen LogP contribution is -2.38. The Morgan fingerprint density at radius 1 is 1.29 bits per heavy atom. The van der Waals surface area contributed by atoms with Crippen molar-refractivity contribution >= 4 is 28.9 Å². The van der Waals surface area contributed by atoms with Gasteiger partial charge in [-0.2, -0.15) is 0 Å². The zero-order valence-electron chi connectivity index (χ0n) is 13.6. The summed E-state index contributed by atoms with van der Waals surface area (Å²) in [4.78, 5) is 45.6. The number of rotatable bonds is 5. The van der Waals surface area contributed by atoms with Crippen LogP contribution in [-0.4, -0.2) is 64.3 Å². The van der Waals surface area contributed by atoms with Gasteiger partial charge in [0.05, 0.1) is 17.5 Å². The molecule has 0 spiro atoms. The number of aromatic amines is 1. The van der Waals surface area contributed by atoms with Crippen LogP contribution >= 0.6 is 0 Å². The topological polar surface area (TPSA) is 98.4 Å². The second kappa shape index (κ2) is 6.31. The molecule has 8 nitrogen and oxygen atoms in total. The fourth-order valence-electron chi connectivity index (χ4n) is 2.77. The highest BCUT2D eigenvalue weighted by Gasteiger charge is 2.41. The average Bonchev–Trinajstić information content (AvgIpc) is 3.06. The molecule has 24 heavy (non-hydrogen) atoms. The SMILES string of the molecule is CN1C(=O)[C@@H](CC(=O)NCCc2nc3ccccc3[nH]2)N(C)C1=O. The lowest BCUT2D eigenvalue weighted by Gasteiger charge is -2.15. The highest BCUT2D eigenvalue weighted by molar-refractivity contribution is 6.05. The summed E-state index contributed by atoms with van der Waals surface area (Å²) < 4.78 is 0. The number of H-pyrrole nitrogens is 1. The molecule has 2 heterocycles. The van der Waals surface area contributed by atoms with Crippen molar-refractivity contribution in [1.82, 2.24) is 25.1 Å². The molecule has 0 radical (unpaired) electrons. The summed E-state index contributed by atoms with van der Waals surface area (Å²) in [6, 6.07) is 6.60. The van der Waals surface area contributed by atoms with Crippen LogP contribution in [0.1, 0.15) is 12.2 Å². The van der Waals surface area contributed by atoms with Crippen LogP contribution in [0.15, 0.2) is 24.3 Å². The fourth-order valence-corrected chi connectivity index (χ4v) is 2.77. The third-order valence-corrected chi connectivity index (χ3v) is 4.17. The second-order valence-electron chi connectivity index (χ2n) is 5.81. The number of imide groups is 1. The van der Waals surface area contributed by atoms with Crippen LogP contribution in [0.2, 0.25) is 0 Å². The Morgan fingerprint density at radius 3 is 2.71 bits per heavy atom. The Balaban J connectivity index is 1.51. The van der Waals surface area contributed by atoms with E-state index >= 15 is 0 Å². The van der Waals surface area contributed by atoms with Crippen molar-refractivity contribution in [2.75, 3.05) is 20.6 Å². The number of hydrogen-bond donors (Lipinski definition) is 2. The third kappa shape index (κ3) is 2.94. The third-order valence-electron chi connectivity index (χ3n) is 4.17. The van der Waals surface area contributed by atoms with Gasteiger partial charge in [-0.3, -0.25) is 14.5 Å². The minimum absolute atomic E-state index is 0.0362. The number of urea groups is 1. The van der Waals surface area contributed by atoms with Gasteiger partial charge >= 0.3 is 6.03 Å². The van der Waals surface area contributed by atoms with E-state index in [-0.39, 0.29) is 24.3 Å². The molecule has 1 fully saturated rings. The minimum atomic E-state index is -0.728. The molecule has 2 N–H and O–H groups in total. The minimum Gasteiger partial charge on any atom is -0.356 e. The molecule has 1 aliphatic heterocycles. The first kappa shape index (κ1) is 16.0. The standard InChI is InChI=1S/C16H19N5O3/c1-20-12(15(23)21(2)16(20)24)9-14(22)17-8-7-13-18-10-5-3-4-6-11(10)19-13/h3-6,12H,7-9H2,1-2H3,(H,17,22)(H,18,19)/t12-/m1/s1. The Morgan fingerprint density at radius 2 is 2.04 bits per heavy atom. The van der Waals surface area contributed by atoms with Gasteiger partial charge in [0.15, 0.2) is 0 Å². The van der Waals surface area contributed by atoms with Gasteiger partial charge in [-0.25, -0.2) is 9.78 Å². The number of carbonyl (C=O) groups excluding carboxylic acids is 3. The molecule has 1 atom stereocenters. The Bertz CT molecular complexity index is 767. The highest BCUT2D eigenvalue weighted by Crippen LogP contribution is 2.16. The highest BCUT2D eigenvalue weighted by atomic mass is 16.2. The van der Waals surface area contributed by atoms with E-state index in [9.17, 15) is 14.4 Å². The number of hydrogen-bond acceptors (Lipinski definition) is 4. The number of fused-ring (bicyclic) bond motifs is 1. The van der Waals surface area contributed by atoms with E-state index in [1.807, 2.05) is 24.3 Å². The molecule has 1 aromatic carbocycles. The molecule has 1 aromatic heterocycles. The van der Waals surface area contributed by atoms with Crippen molar-refractivity contribution in [3.63, 3.8) is 0 Å². The number of para-hydroxylation sites is 2. The van der Waals surface area contributed by atoms with E-state index in [4.69, 9.17) is 0 Å². The Hall–Kier alpha value is -2.90. The molecule has 1 saturated heterocycles. The molecule has 8 heteroatoms. The summed E-state index contributed by atoms with van der Waals surface area (Å²) in [6.45, 7) is 0.410. The monoisotopic (exact) mass is 329 g/mol. The van der Waals surface area contributed by atoms with Crippen LogP contribution in [0.3, 0.4) is 0 Å². The lowest BCUT2D eigenvalue weighted by molar-refractivity contribution is -0.131. The zero-order valence-corrected chi connectivity index (χ0v) is 13.6. The maximum Gasteiger partial charge on any atom is 0.326 e. The van der Waals surface area contributed by atoms with E-state index in [0.717, 1.165) is 21.8 Å². The maximum atomic E-state index is 12.0. The number of aromatic nitrogens is 2. The number of carbonyl (C=O) groups is 3. The number of nitrogens with zero attached hydrogens (tertiary/aromatic N) is 3. The first-order valence-electron chi connectivity index (χ1n) is 7.72. The van der Waals surface area contributed by atoms with Crippen LogP contribution in [0, 0.1) is 0 Å². The molecule has 0 saturated carbocycles. The van der Waals surface area contributed by atoms with Gasteiger partial charge in [0.2, 0.25) is 5.91 Å². The first-order valence-corrected chi connectivity index (χ1v) is 7.72. The smallest absolute Gasteiger partial charge is 0.326 e. The molecule has 1 aliphatic rings. The number of benzene rings is 1. The van der Waals surface area contributed by atoms with E-state index in [0.29, 0.717) is 13.0 Å². The predicted molar refractivity (Wildman–Crippen MR) is 87.1 cm³/mol. The summed E-state index contributed by atoms with van der Waals surface area (Å²) in [5.41, 5.74) is 1.84. The Labute approximate surface area is 138 Å². The van der Waals surface area contributed by atoms with E-state index in [2.05, 4.69) is 15.3 Å². The molecule has 4 amide bonds. The van der Waals surface area contributed by atoms with E-state index < -0.39 is 6.04 Å². The van der Waals surface area contributed by atoms with Crippen LogP contribution in [0.25, 0.3) is 11.0 Å². The Kier molecular flexibility index (Phi) is 4.20. The maximum absolute atomic E-state index is 12.0. The quantitative estimate of drug-likeness (QED) is 0.781. The van der Waals surface area contributed by atoms with Crippen LogP contribution in [0.5, 0.6) is 0 Å². The summed E-state index contributed by atoms with van der Waals surface area (Å²) in [7, 11) is 2.94. The van der Waals surface area contributed by atoms with Crippen LogP contribution in [0.4, 0.5) is 4.79 Å². The number of likely N-dealkylation sites (N-methyl/N-ethyl adjacent to an activating group) is 2. The molecule has 3 rings (SSSR count). The molecule has 0 aliphatic carbocycles. The van der Waals surface area contributed by atoms with E-state index in [1.165, 1.54) is 19.0 Å². The molecule has 2 aromatic rings. The van der Waals surface area contributed by atoms with Gasteiger partial charge in [0.25, 0.3) is 5.91 Å². The van der Waals surface area contributed by atoms with Gasteiger partial charge in [-0.15, -0.1) is 0 Å². The first-order chi connectivity index (χ1) is 11.5. The summed E-state index contributed by atoms with van der Waals surface area (Å²) >= 11 is 0. The van der Waals surface area contributed by atoms with Gasteiger partial charge in [-0.1, -0.05) is 12.1 Å². The van der Waals surface area contributed by atoms with Crippen molar-refractivity contribution in [2.24, 2.45) is 0 Å². The zero-order chi connectivity index (χ0) is 17.3. The lowest BCUT2D eigenvalue weighted by atomic mass is 10.2. The average molecular weight is 329 g/mol. The molecule has 0 bridgehead atoms. The molecular weight excluding hydrogens is 310 g/mol. The van der Waals surface area contributed by atoms with Crippen LogP contribution < -0.4 is 5.32 Å². The molecule has 0 unspecified atom stereocenters.